The molecule has 3 nitrogen and oxygen atoms in total. The van der Waals surface area contributed by atoms with Crippen LogP contribution in [0.25, 0.3) is 0 Å². The molecule has 5 heteroatoms. The summed E-state index contributed by atoms with van der Waals surface area (Å²) in [5.41, 5.74) is 0.990. The zero-order valence-electron chi connectivity index (χ0n) is 9.93. The van der Waals surface area contributed by atoms with E-state index >= 15 is 0 Å². The number of rotatable bonds is 5. The van der Waals surface area contributed by atoms with Crippen molar-refractivity contribution in [3.63, 3.8) is 0 Å². The summed E-state index contributed by atoms with van der Waals surface area (Å²) in [6.07, 6.45) is 1.96. The third-order valence-electron chi connectivity index (χ3n) is 2.40. The summed E-state index contributed by atoms with van der Waals surface area (Å²) in [6, 6.07) is 0. The molecule has 90 valence electrons. The van der Waals surface area contributed by atoms with Gasteiger partial charge in [0.2, 0.25) is 5.95 Å². The van der Waals surface area contributed by atoms with Crippen molar-refractivity contribution >= 4 is 33.5 Å². The second-order valence-electron chi connectivity index (χ2n) is 3.50. The first-order chi connectivity index (χ1) is 7.63. The minimum absolute atomic E-state index is 0.500. The van der Waals surface area contributed by atoms with Crippen molar-refractivity contribution in [2.45, 2.75) is 33.6 Å². The monoisotopic (exact) mass is 305 g/mol. The molecule has 0 unspecified atom stereocenters. The van der Waals surface area contributed by atoms with Gasteiger partial charge in [0.1, 0.15) is 5.15 Å². The average molecular weight is 307 g/mol. The maximum absolute atomic E-state index is 6.09. The van der Waals surface area contributed by atoms with Crippen molar-refractivity contribution in [1.29, 1.82) is 0 Å². The van der Waals surface area contributed by atoms with E-state index in [9.17, 15) is 0 Å². The van der Waals surface area contributed by atoms with Gasteiger partial charge < -0.3 is 4.90 Å². The second-order valence-corrected chi connectivity index (χ2v) is 4.65. The van der Waals surface area contributed by atoms with E-state index in [4.69, 9.17) is 11.6 Å². The molecule has 1 heterocycles. The first kappa shape index (κ1) is 13.7. The summed E-state index contributed by atoms with van der Waals surface area (Å²) in [5.74, 6) is 0.724. The maximum Gasteiger partial charge on any atom is 0.227 e. The molecule has 0 saturated heterocycles. The molecule has 16 heavy (non-hydrogen) atoms. The molecule has 0 atom stereocenters. The number of halogens is 2. The quantitative estimate of drug-likeness (QED) is 0.777. The van der Waals surface area contributed by atoms with Gasteiger partial charge in [-0.2, -0.15) is 4.98 Å². The van der Waals surface area contributed by atoms with Crippen LogP contribution in [0.2, 0.25) is 5.15 Å². The zero-order chi connectivity index (χ0) is 12.1. The topological polar surface area (TPSA) is 29.0 Å². The highest BCUT2D eigenvalue weighted by Crippen LogP contribution is 2.26. The number of hydrogen-bond acceptors (Lipinski definition) is 3. The molecule has 0 radical (unpaired) electrons. The highest BCUT2D eigenvalue weighted by molar-refractivity contribution is 9.10. The molecule has 1 aromatic rings. The highest BCUT2D eigenvalue weighted by atomic mass is 79.9. The van der Waals surface area contributed by atoms with E-state index in [0.717, 1.165) is 42.0 Å². The zero-order valence-corrected chi connectivity index (χ0v) is 12.3. The van der Waals surface area contributed by atoms with Gasteiger partial charge >= 0.3 is 0 Å². The van der Waals surface area contributed by atoms with E-state index in [2.05, 4.69) is 51.6 Å². The summed E-state index contributed by atoms with van der Waals surface area (Å²) in [6.45, 7) is 8.07. The fourth-order valence-electron chi connectivity index (χ4n) is 1.50. The molecule has 0 spiro atoms. The smallest absolute Gasteiger partial charge is 0.227 e. The summed E-state index contributed by atoms with van der Waals surface area (Å²) in [4.78, 5) is 10.9. The van der Waals surface area contributed by atoms with Crippen LogP contribution in [-0.4, -0.2) is 23.1 Å². The average Bonchev–Trinajstić information content (AvgIpc) is 2.27. The van der Waals surface area contributed by atoms with E-state index in [-0.39, 0.29) is 0 Å². The molecule has 0 fully saturated rings. The Bertz CT molecular complexity index is 353. The van der Waals surface area contributed by atoms with Gasteiger partial charge in [0.05, 0.1) is 10.2 Å². The van der Waals surface area contributed by atoms with Crippen molar-refractivity contribution in [1.82, 2.24) is 9.97 Å². The van der Waals surface area contributed by atoms with Gasteiger partial charge in [0, 0.05) is 13.1 Å². The molecule has 0 aromatic carbocycles. The Labute approximate surface area is 110 Å². The predicted molar refractivity (Wildman–Crippen MR) is 72.3 cm³/mol. The Balaban J connectivity index is 3.12. The van der Waals surface area contributed by atoms with Crippen LogP contribution in [0.5, 0.6) is 0 Å². The number of anilines is 1. The Morgan fingerprint density at radius 1 is 1.19 bits per heavy atom. The van der Waals surface area contributed by atoms with Crippen molar-refractivity contribution in [2.75, 3.05) is 18.0 Å². The lowest BCUT2D eigenvalue weighted by atomic mass is 10.2. The molecular weight excluding hydrogens is 289 g/mol. The first-order valence-electron chi connectivity index (χ1n) is 5.60. The highest BCUT2D eigenvalue weighted by Gasteiger charge is 2.13. The minimum Gasteiger partial charge on any atom is -0.341 e. The van der Waals surface area contributed by atoms with Crippen LogP contribution in [0.1, 0.15) is 32.9 Å². The van der Waals surface area contributed by atoms with Gasteiger partial charge in [-0.1, -0.05) is 24.9 Å². The van der Waals surface area contributed by atoms with Crippen LogP contribution >= 0.6 is 27.5 Å². The Morgan fingerprint density at radius 3 is 2.31 bits per heavy atom. The van der Waals surface area contributed by atoms with Crippen molar-refractivity contribution < 1.29 is 0 Å². The van der Waals surface area contributed by atoms with Gasteiger partial charge in [-0.05, 0) is 36.2 Å². The van der Waals surface area contributed by atoms with Gasteiger partial charge in [-0.15, -0.1) is 0 Å². The van der Waals surface area contributed by atoms with E-state index in [1.807, 2.05) is 0 Å². The third kappa shape index (κ3) is 3.08. The standard InChI is InChI=1S/C11H17BrClN3/c1-4-7-8-9(12)10(13)15-11(14-8)16(5-2)6-3/h4-7H2,1-3H3. The number of aryl methyl sites for hydroxylation is 1. The van der Waals surface area contributed by atoms with Gasteiger partial charge in [-0.3, -0.25) is 0 Å². The first-order valence-corrected chi connectivity index (χ1v) is 6.77. The third-order valence-corrected chi connectivity index (χ3v) is 3.74. The molecule has 0 saturated carbocycles. The second kappa shape index (κ2) is 6.40. The number of aromatic nitrogens is 2. The Kier molecular flexibility index (Phi) is 5.49. The molecule has 1 aromatic heterocycles. The minimum atomic E-state index is 0.500. The fourth-order valence-corrected chi connectivity index (χ4v) is 2.06. The van der Waals surface area contributed by atoms with Crippen molar-refractivity contribution in [2.24, 2.45) is 0 Å². The van der Waals surface area contributed by atoms with Crippen molar-refractivity contribution in [3.05, 3.63) is 15.3 Å². The van der Waals surface area contributed by atoms with Gasteiger partial charge in [0.15, 0.2) is 0 Å². The predicted octanol–water partition coefficient (Wildman–Crippen LogP) is 3.69. The van der Waals surface area contributed by atoms with Crippen molar-refractivity contribution in [3.8, 4) is 0 Å². The summed E-state index contributed by atoms with van der Waals surface area (Å²) in [7, 11) is 0. The normalized spacial score (nSPS) is 10.6. The largest absolute Gasteiger partial charge is 0.341 e. The van der Waals surface area contributed by atoms with Gasteiger partial charge in [0.25, 0.3) is 0 Å². The fraction of sp³-hybridized carbons (Fsp3) is 0.636. The van der Waals surface area contributed by atoms with Gasteiger partial charge in [-0.25, -0.2) is 4.98 Å². The van der Waals surface area contributed by atoms with Crippen LogP contribution in [0, 0.1) is 0 Å². The lowest BCUT2D eigenvalue weighted by Crippen LogP contribution is -2.24. The van der Waals surface area contributed by atoms with Crippen LogP contribution in [-0.2, 0) is 6.42 Å². The summed E-state index contributed by atoms with van der Waals surface area (Å²) >= 11 is 9.52. The summed E-state index contributed by atoms with van der Waals surface area (Å²) < 4.78 is 0.826. The SMILES string of the molecule is CCCc1nc(N(CC)CC)nc(Cl)c1Br. The lowest BCUT2D eigenvalue weighted by Gasteiger charge is -2.19. The molecular formula is C11H17BrClN3. The molecule has 0 bridgehead atoms. The Morgan fingerprint density at radius 2 is 1.81 bits per heavy atom. The molecule has 0 N–H and O–H groups in total. The number of hydrogen-bond donors (Lipinski definition) is 0. The Hall–Kier alpha value is -0.350. The van der Waals surface area contributed by atoms with Crippen LogP contribution < -0.4 is 4.90 Å². The molecule has 0 aliphatic carbocycles. The van der Waals surface area contributed by atoms with E-state index in [0.29, 0.717) is 5.15 Å². The van der Waals surface area contributed by atoms with Crippen LogP contribution in [0.4, 0.5) is 5.95 Å². The van der Waals surface area contributed by atoms with Crippen LogP contribution in [0.3, 0.4) is 0 Å². The van der Waals surface area contributed by atoms with Crippen LogP contribution in [0.15, 0.2) is 4.47 Å². The van der Waals surface area contributed by atoms with E-state index in [1.165, 1.54) is 0 Å². The molecule has 1 rings (SSSR count). The molecule has 0 amide bonds. The van der Waals surface area contributed by atoms with E-state index < -0.39 is 0 Å². The van der Waals surface area contributed by atoms with E-state index in [1.54, 1.807) is 0 Å². The molecule has 0 aliphatic rings. The molecule has 0 aliphatic heterocycles. The number of nitrogens with zero attached hydrogens (tertiary/aromatic N) is 3. The maximum atomic E-state index is 6.09. The summed E-state index contributed by atoms with van der Waals surface area (Å²) in [5, 5.41) is 0.500. The lowest BCUT2D eigenvalue weighted by molar-refractivity contribution is 0.794.